The Kier molecular flexibility index (Phi) is 15.0. The average molecular weight is 366 g/mol. The third-order valence-corrected chi connectivity index (χ3v) is 4.05. The van der Waals surface area contributed by atoms with Crippen LogP contribution in [0.1, 0.15) is 58.3 Å². The number of esters is 1. The van der Waals surface area contributed by atoms with E-state index in [9.17, 15) is 18.0 Å². The van der Waals surface area contributed by atoms with Crippen LogP contribution in [0.5, 0.6) is 0 Å². The summed E-state index contributed by atoms with van der Waals surface area (Å²) in [6.45, 7) is 2.15. The van der Waals surface area contributed by atoms with Crippen LogP contribution in [0.2, 0.25) is 0 Å². The number of aliphatic carboxylic acids is 1. The minimum atomic E-state index is -4.77. The van der Waals surface area contributed by atoms with E-state index in [1.54, 1.807) is 0 Å². The van der Waals surface area contributed by atoms with Crippen molar-refractivity contribution in [3.63, 3.8) is 0 Å². The number of carbonyl (C=O) groups excluding carboxylic acids is 1. The normalized spacial score (nSPS) is 12.3. The van der Waals surface area contributed by atoms with Crippen LogP contribution in [-0.2, 0) is 24.4 Å². The topological polar surface area (TPSA) is 118 Å². The minimum absolute atomic E-state index is 0. The first kappa shape index (κ1) is 24.4. The molecular weight excluding hydrogens is 340 g/mol. The molecule has 1 atom stereocenters. The zero-order chi connectivity index (χ0) is 16.3. The second-order valence-electron chi connectivity index (χ2n) is 4.89. The third-order valence-electron chi connectivity index (χ3n) is 2.97. The maximum absolute atomic E-state index is 11.5. The fraction of sp³-hybridized carbons (Fsp3) is 0.846. The molecule has 0 spiro atoms. The molecule has 9 heteroatoms. The van der Waals surface area contributed by atoms with Gasteiger partial charge in [0.05, 0.1) is 13.0 Å². The molecule has 0 heterocycles. The van der Waals surface area contributed by atoms with Crippen molar-refractivity contribution in [2.75, 3.05) is 6.61 Å². The van der Waals surface area contributed by atoms with E-state index >= 15 is 0 Å². The van der Waals surface area contributed by atoms with Crippen molar-refractivity contribution in [3.05, 3.63) is 0 Å². The van der Waals surface area contributed by atoms with E-state index in [4.69, 9.17) is 14.4 Å². The maximum atomic E-state index is 11.5. The van der Waals surface area contributed by atoms with Crippen molar-refractivity contribution in [3.8, 4) is 0 Å². The predicted molar refractivity (Wildman–Crippen MR) is 85.1 cm³/mol. The summed E-state index contributed by atoms with van der Waals surface area (Å²) < 4.78 is 35.4. The van der Waals surface area contributed by atoms with E-state index in [1.165, 1.54) is 12.8 Å². The van der Waals surface area contributed by atoms with Crippen LogP contribution in [0, 0.1) is 0 Å². The molecule has 0 saturated carbocycles. The SMILES string of the molecule is CCCCCCCCCOC(=O)C(CC(=O)O)S(=O)(=O)O.[CaH2]. The first-order chi connectivity index (χ1) is 9.79. The fourth-order valence-corrected chi connectivity index (χ4v) is 2.46. The molecule has 1 unspecified atom stereocenters. The van der Waals surface area contributed by atoms with Crippen LogP contribution < -0.4 is 0 Å². The number of carboxylic acids is 1. The van der Waals surface area contributed by atoms with E-state index in [1.807, 2.05) is 0 Å². The van der Waals surface area contributed by atoms with Gasteiger partial charge in [0.25, 0.3) is 10.1 Å². The van der Waals surface area contributed by atoms with Crippen molar-refractivity contribution in [2.24, 2.45) is 0 Å². The molecule has 0 aromatic rings. The molecule has 0 radical (unpaired) electrons. The fourth-order valence-electron chi connectivity index (χ4n) is 1.79. The number of carboxylic acid groups (broad SMARTS) is 1. The van der Waals surface area contributed by atoms with E-state index in [2.05, 4.69) is 6.92 Å². The summed E-state index contributed by atoms with van der Waals surface area (Å²) in [5.41, 5.74) is 0. The zero-order valence-corrected chi connectivity index (χ0v) is 13.1. The molecule has 0 aliphatic carbocycles. The van der Waals surface area contributed by atoms with Gasteiger partial charge in [-0.25, -0.2) is 0 Å². The molecule has 0 aromatic heterocycles. The van der Waals surface area contributed by atoms with E-state index < -0.39 is 33.7 Å². The molecule has 0 aliphatic rings. The van der Waals surface area contributed by atoms with Gasteiger partial charge in [-0.1, -0.05) is 45.4 Å². The quantitative estimate of drug-likeness (QED) is 0.230. The van der Waals surface area contributed by atoms with Gasteiger partial charge in [-0.15, -0.1) is 0 Å². The molecule has 7 nitrogen and oxygen atoms in total. The average Bonchev–Trinajstić information content (AvgIpc) is 2.37. The van der Waals surface area contributed by atoms with Gasteiger partial charge in [-0.2, -0.15) is 8.42 Å². The second-order valence-corrected chi connectivity index (χ2v) is 6.49. The Morgan fingerprint density at radius 2 is 1.55 bits per heavy atom. The Balaban J connectivity index is 0. The second kappa shape index (κ2) is 13.5. The van der Waals surface area contributed by atoms with Gasteiger partial charge >= 0.3 is 49.7 Å². The van der Waals surface area contributed by atoms with Crippen molar-refractivity contribution in [2.45, 2.75) is 63.5 Å². The summed E-state index contributed by atoms with van der Waals surface area (Å²) in [5.74, 6) is -2.71. The molecule has 0 amide bonds. The summed E-state index contributed by atoms with van der Waals surface area (Å²) in [7, 11) is -4.77. The number of rotatable bonds is 12. The van der Waals surface area contributed by atoms with Crippen LogP contribution in [0.25, 0.3) is 0 Å². The zero-order valence-electron chi connectivity index (χ0n) is 12.3. The third kappa shape index (κ3) is 12.6. The van der Waals surface area contributed by atoms with Crippen LogP contribution in [0.3, 0.4) is 0 Å². The van der Waals surface area contributed by atoms with E-state index in [0.717, 1.165) is 25.7 Å². The summed E-state index contributed by atoms with van der Waals surface area (Å²) in [6.07, 6.45) is 6.07. The van der Waals surface area contributed by atoms with Gasteiger partial charge in [-0.05, 0) is 6.42 Å². The molecule has 0 aliphatic heterocycles. The van der Waals surface area contributed by atoms with Crippen molar-refractivity contribution < 1.29 is 32.4 Å². The first-order valence-electron chi connectivity index (χ1n) is 7.13. The number of hydrogen-bond donors (Lipinski definition) is 2. The summed E-state index contributed by atoms with van der Waals surface area (Å²) >= 11 is 0. The Labute approximate surface area is 161 Å². The molecule has 0 aromatic carbocycles. The molecule has 0 fully saturated rings. The number of carbonyl (C=O) groups is 2. The molecular formula is C13H26CaO7S. The Hall–Kier alpha value is 0.110. The number of hydrogen-bond acceptors (Lipinski definition) is 5. The first-order valence-corrected chi connectivity index (χ1v) is 8.64. The van der Waals surface area contributed by atoms with Crippen molar-refractivity contribution in [1.29, 1.82) is 0 Å². The van der Waals surface area contributed by atoms with Gasteiger partial charge in [0.15, 0.2) is 5.25 Å². The van der Waals surface area contributed by atoms with Crippen LogP contribution >= 0.6 is 0 Å². The molecule has 22 heavy (non-hydrogen) atoms. The molecule has 0 rings (SSSR count). The standard InChI is InChI=1S/C13H24O7S.Ca.2H/c1-2-3-4-5-6-7-8-9-20-13(16)11(10-12(14)15)21(17,18)19;;;/h11H,2-10H2,1H3,(H,14,15)(H,17,18,19);;;. The Morgan fingerprint density at radius 1 is 1.05 bits per heavy atom. The summed E-state index contributed by atoms with van der Waals surface area (Å²) in [6, 6.07) is 0. The number of ether oxygens (including phenoxy) is 1. The van der Waals surface area contributed by atoms with Gasteiger partial charge in [0, 0.05) is 0 Å². The molecule has 2 N–H and O–H groups in total. The van der Waals surface area contributed by atoms with Crippen molar-refractivity contribution >= 4 is 59.8 Å². The van der Waals surface area contributed by atoms with E-state index in [-0.39, 0.29) is 44.3 Å². The number of unbranched alkanes of at least 4 members (excludes halogenated alkanes) is 6. The van der Waals surface area contributed by atoms with Crippen molar-refractivity contribution in [1.82, 2.24) is 0 Å². The molecule has 128 valence electrons. The van der Waals surface area contributed by atoms with E-state index in [0.29, 0.717) is 6.42 Å². The van der Waals surface area contributed by atoms with Crippen LogP contribution in [-0.4, -0.2) is 79.6 Å². The predicted octanol–water partition coefficient (Wildman–Crippen LogP) is 1.10. The van der Waals surface area contributed by atoms with Gasteiger partial charge in [-0.3, -0.25) is 14.1 Å². The Bertz CT molecular complexity index is 422. The summed E-state index contributed by atoms with van der Waals surface area (Å²) in [4.78, 5) is 22.0. The van der Waals surface area contributed by atoms with Crippen LogP contribution in [0.4, 0.5) is 0 Å². The summed E-state index contributed by atoms with van der Waals surface area (Å²) in [5, 5.41) is 6.47. The van der Waals surface area contributed by atoms with Gasteiger partial charge in [0.1, 0.15) is 0 Å². The van der Waals surface area contributed by atoms with Gasteiger partial charge in [0.2, 0.25) is 0 Å². The van der Waals surface area contributed by atoms with Crippen LogP contribution in [0.15, 0.2) is 0 Å². The Morgan fingerprint density at radius 3 is 2.00 bits per heavy atom. The van der Waals surface area contributed by atoms with Gasteiger partial charge < -0.3 is 9.84 Å². The molecule has 0 saturated heterocycles. The monoisotopic (exact) mass is 366 g/mol. The molecule has 0 bridgehead atoms.